The number of hydrogen-bond acceptors (Lipinski definition) is 4. The fourth-order valence-corrected chi connectivity index (χ4v) is 2.42. The Morgan fingerprint density at radius 1 is 1.22 bits per heavy atom. The van der Waals surface area contributed by atoms with Crippen molar-refractivity contribution in [3.63, 3.8) is 0 Å². The van der Waals surface area contributed by atoms with E-state index in [1.54, 1.807) is 13.2 Å². The first-order chi connectivity index (χ1) is 8.51. The molecule has 2 rings (SSSR count). The van der Waals surface area contributed by atoms with Gasteiger partial charge in [0.1, 0.15) is 5.75 Å². The van der Waals surface area contributed by atoms with E-state index in [4.69, 9.17) is 4.74 Å². The number of hydrogen-bond donors (Lipinski definition) is 1. The van der Waals surface area contributed by atoms with E-state index in [9.17, 15) is 9.59 Å². The SMILES string of the molecule is COc1cc(C)c(/C=C2\SC(=O)NC2=O)cc1C. The highest BCUT2D eigenvalue weighted by Crippen LogP contribution is 2.29. The number of thioether (sulfide) groups is 1. The predicted octanol–water partition coefficient (Wildman–Crippen LogP) is 2.64. The summed E-state index contributed by atoms with van der Waals surface area (Å²) in [6.45, 7) is 3.88. The summed E-state index contributed by atoms with van der Waals surface area (Å²) in [6, 6.07) is 3.86. The van der Waals surface area contributed by atoms with Gasteiger partial charge in [0.2, 0.25) is 0 Å². The molecule has 94 valence electrons. The van der Waals surface area contributed by atoms with Crippen molar-refractivity contribution in [2.24, 2.45) is 0 Å². The van der Waals surface area contributed by atoms with Crippen LogP contribution >= 0.6 is 11.8 Å². The van der Waals surface area contributed by atoms with Gasteiger partial charge in [-0.15, -0.1) is 0 Å². The van der Waals surface area contributed by atoms with Gasteiger partial charge in [-0.3, -0.25) is 14.9 Å². The Hall–Kier alpha value is -1.75. The van der Waals surface area contributed by atoms with Crippen LogP contribution in [0.3, 0.4) is 0 Å². The molecule has 0 spiro atoms. The average molecular weight is 263 g/mol. The van der Waals surface area contributed by atoms with Crippen LogP contribution < -0.4 is 10.1 Å². The molecule has 1 N–H and O–H groups in total. The number of rotatable bonds is 2. The molecule has 1 heterocycles. The molecular weight excluding hydrogens is 250 g/mol. The maximum Gasteiger partial charge on any atom is 0.290 e. The van der Waals surface area contributed by atoms with Gasteiger partial charge in [-0.05, 0) is 60.5 Å². The molecule has 1 aliphatic heterocycles. The van der Waals surface area contributed by atoms with Crippen LogP contribution in [0.1, 0.15) is 16.7 Å². The first-order valence-electron chi connectivity index (χ1n) is 5.41. The third-order valence-corrected chi connectivity index (χ3v) is 3.52. The lowest BCUT2D eigenvalue weighted by Gasteiger charge is -2.08. The second kappa shape index (κ2) is 4.86. The summed E-state index contributed by atoms with van der Waals surface area (Å²) in [5.41, 5.74) is 2.91. The number of nitrogens with one attached hydrogen (secondary N) is 1. The summed E-state index contributed by atoms with van der Waals surface area (Å²) < 4.78 is 5.23. The average Bonchev–Trinajstić information content (AvgIpc) is 2.62. The van der Waals surface area contributed by atoms with Gasteiger partial charge in [-0.2, -0.15) is 0 Å². The molecule has 1 saturated heterocycles. The molecule has 0 atom stereocenters. The van der Waals surface area contributed by atoms with Crippen molar-refractivity contribution in [2.45, 2.75) is 13.8 Å². The van der Waals surface area contributed by atoms with Crippen molar-refractivity contribution in [1.82, 2.24) is 5.32 Å². The van der Waals surface area contributed by atoms with Crippen molar-refractivity contribution in [2.75, 3.05) is 7.11 Å². The standard InChI is InChI=1S/C13H13NO3S/c1-7-5-10(17-3)8(2)4-9(7)6-11-12(15)14-13(16)18-11/h4-6H,1-3H3,(H,14,15,16)/b11-6-. The van der Waals surface area contributed by atoms with Crippen molar-refractivity contribution in [3.8, 4) is 5.75 Å². The van der Waals surface area contributed by atoms with Crippen molar-refractivity contribution in [3.05, 3.63) is 33.7 Å². The first kappa shape index (κ1) is 12.7. The van der Waals surface area contributed by atoms with Gasteiger partial charge in [-0.1, -0.05) is 0 Å². The van der Waals surface area contributed by atoms with Crippen LogP contribution in [0.15, 0.2) is 17.0 Å². The van der Waals surface area contributed by atoms with Crippen LogP contribution in [0.5, 0.6) is 5.75 Å². The molecule has 1 fully saturated rings. The van der Waals surface area contributed by atoms with E-state index < -0.39 is 0 Å². The molecule has 0 aliphatic carbocycles. The van der Waals surface area contributed by atoms with Crippen molar-refractivity contribution >= 4 is 29.0 Å². The zero-order valence-corrected chi connectivity index (χ0v) is 11.2. The Balaban J connectivity index is 2.41. The lowest BCUT2D eigenvalue weighted by atomic mass is 10.0. The van der Waals surface area contributed by atoms with Crippen molar-refractivity contribution in [1.29, 1.82) is 0 Å². The molecule has 4 nitrogen and oxygen atoms in total. The highest BCUT2D eigenvalue weighted by Gasteiger charge is 2.25. The molecule has 5 heteroatoms. The maximum atomic E-state index is 11.5. The fourth-order valence-electron chi connectivity index (χ4n) is 1.75. The number of aryl methyl sites for hydroxylation is 2. The first-order valence-corrected chi connectivity index (χ1v) is 6.23. The fraction of sp³-hybridized carbons (Fsp3) is 0.231. The third-order valence-electron chi connectivity index (χ3n) is 2.71. The van der Waals surface area contributed by atoms with E-state index in [1.165, 1.54) is 0 Å². The number of ether oxygens (including phenoxy) is 1. The zero-order chi connectivity index (χ0) is 13.3. The molecule has 0 bridgehead atoms. The predicted molar refractivity (Wildman–Crippen MR) is 71.6 cm³/mol. The van der Waals surface area contributed by atoms with Gasteiger partial charge in [0.15, 0.2) is 0 Å². The van der Waals surface area contributed by atoms with Crippen LogP contribution in [-0.2, 0) is 4.79 Å². The Labute approximate surface area is 109 Å². The summed E-state index contributed by atoms with van der Waals surface area (Å²) in [5.74, 6) is 0.479. The minimum absolute atomic E-state index is 0.325. The van der Waals surface area contributed by atoms with Gasteiger partial charge >= 0.3 is 0 Å². The molecule has 1 aromatic carbocycles. The van der Waals surface area contributed by atoms with Gasteiger partial charge in [0.05, 0.1) is 12.0 Å². The molecule has 2 amide bonds. The molecule has 0 unspecified atom stereocenters. The van der Waals surface area contributed by atoms with E-state index in [0.29, 0.717) is 4.91 Å². The largest absolute Gasteiger partial charge is 0.496 e. The molecule has 1 aromatic rings. The highest BCUT2D eigenvalue weighted by atomic mass is 32.2. The van der Waals surface area contributed by atoms with E-state index in [-0.39, 0.29) is 11.1 Å². The Morgan fingerprint density at radius 2 is 1.94 bits per heavy atom. The Kier molecular flexibility index (Phi) is 3.43. The summed E-state index contributed by atoms with van der Waals surface area (Å²) in [4.78, 5) is 23.0. The monoisotopic (exact) mass is 263 g/mol. The van der Waals surface area contributed by atoms with Crippen LogP contribution in [0, 0.1) is 13.8 Å². The number of carbonyl (C=O) groups is 2. The normalized spacial score (nSPS) is 17.2. The lowest BCUT2D eigenvalue weighted by Crippen LogP contribution is -2.17. The molecule has 0 saturated carbocycles. The molecule has 18 heavy (non-hydrogen) atoms. The molecular formula is C13H13NO3S. The van der Waals surface area contributed by atoms with E-state index in [2.05, 4.69) is 5.32 Å². The van der Waals surface area contributed by atoms with Crippen molar-refractivity contribution < 1.29 is 14.3 Å². The van der Waals surface area contributed by atoms with Gasteiger partial charge in [0, 0.05) is 0 Å². The minimum atomic E-state index is -0.335. The summed E-state index contributed by atoms with van der Waals surface area (Å²) >= 11 is 0.923. The Morgan fingerprint density at radius 3 is 2.50 bits per heavy atom. The minimum Gasteiger partial charge on any atom is -0.496 e. The molecule has 0 aromatic heterocycles. The second-order valence-corrected chi connectivity index (χ2v) is 5.05. The topological polar surface area (TPSA) is 55.4 Å². The smallest absolute Gasteiger partial charge is 0.290 e. The summed E-state index contributed by atoms with van der Waals surface area (Å²) in [6.07, 6.45) is 1.73. The number of methoxy groups -OCH3 is 1. The van der Waals surface area contributed by atoms with E-state index in [0.717, 1.165) is 34.2 Å². The molecule has 1 aliphatic rings. The summed E-state index contributed by atoms with van der Waals surface area (Å²) in [7, 11) is 1.62. The van der Waals surface area contributed by atoms with E-state index >= 15 is 0 Å². The van der Waals surface area contributed by atoms with E-state index in [1.807, 2.05) is 26.0 Å². The number of imide groups is 1. The molecule has 0 radical (unpaired) electrons. The number of amides is 2. The lowest BCUT2D eigenvalue weighted by molar-refractivity contribution is -0.115. The van der Waals surface area contributed by atoms with Gasteiger partial charge in [0.25, 0.3) is 11.1 Å². The zero-order valence-electron chi connectivity index (χ0n) is 10.4. The van der Waals surface area contributed by atoms with Gasteiger partial charge < -0.3 is 4.74 Å². The Bertz CT molecular complexity index is 564. The van der Waals surface area contributed by atoms with Crippen LogP contribution in [-0.4, -0.2) is 18.3 Å². The van der Waals surface area contributed by atoms with Crippen LogP contribution in [0.25, 0.3) is 6.08 Å². The quantitative estimate of drug-likeness (QED) is 0.833. The van der Waals surface area contributed by atoms with Crippen LogP contribution in [0.4, 0.5) is 4.79 Å². The number of carbonyl (C=O) groups excluding carboxylic acids is 2. The van der Waals surface area contributed by atoms with Gasteiger partial charge in [-0.25, -0.2) is 0 Å². The highest BCUT2D eigenvalue weighted by molar-refractivity contribution is 8.18. The second-order valence-electron chi connectivity index (χ2n) is 4.03. The number of benzene rings is 1. The third kappa shape index (κ3) is 2.41. The maximum absolute atomic E-state index is 11.5. The van der Waals surface area contributed by atoms with Crippen LogP contribution in [0.2, 0.25) is 0 Å². The summed E-state index contributed by atoms with van der Waals surface area (Å²) in [5, 5.41) is 1.91.